The molecule has 0 radical (unpaired) electrons. The summed E-state index contributed by atoms with van der Waals surface area (Å²) in [5.41, 5.74) is 2.37. The van der Waals surface area contributed by atoms with Crippen LogP contribution in [-0.4, -0.2) is 0 Å². The summed E-state index contributed by atoms with van der Waals surface area (Å²) >= 11 is 0. The molecule has 16 heavy (non-hydrogen) atoms. The molecule has 0 aromatic carbocycles. The van der Waals surface area contributed by atoms with Crippen molar-refractivity contribution in [2.24, 2.45) is 23.2 Å². The summed E-state index contributed by atoms with van der Waals surface area (Å²) < 4.78 is 0. The van der Waals surface area contributed by atoms with Crippen LogP contribution in [0.5, 0.6) is 0 Å². The molecule has 1 saturated carbocycles. The van der Waals surface area contributed by atoms with Gasteiger partial charge in [0.15, 0.2) is 0 Å². The third-order valence-corrected chi connectivity index (χ3v) is 5.36. The van der Waals surface area contributed by atoms with Crippen molar-refractivity contribution in [3.63, 3.8) is 0 Å². The maximum absolute atomic E-state index is 2.60. The van der Waals surface area contributed by atoms with E-state index in [1.165, 1.54) is 38.5 Å². The summed E-state index contributed by atoms with van der Waals surface area (Å²) in [6.45, 7) is 9.79. The van der Waals surface area contributed by atoms with Crippen LogP contribution in [0.25, 0.3) is 0 Å². The largest absolute Gasteiger partial charge is 0.0842 e. The molecule has 0 nitrogen and oxygen atoms in total. The molecule has 0 bridgehead atoms. The summed E-state index contributed by atoms with van der Waals surface area (Å²) in [7, 11) is 0. The molecule has 0 amide bonds. The predicted molar refractivity (Wildman–Crippen MR) is 71.4 cm³/mol. The van der Waals surface area contributed by atoms with Crippen molar-refractivity contribution >= 4 is 0 Å². The van der Waals surface area contributed by atoms with E-state index in [4.69, 9.17) is 0 Å². The summed E-state index contributed by atoms with van der Waals surface area (Å²) in [4.78, 5) is 0. The Balaban J connectivity index is 2.16. The quantitative estimate of drug-likeness (QED) is 0.574. The summed E-state index contributed by atoms with van der Waals surface area (Å²) in [5.74, 6) is 2.72. The molecule has 2 aliphatic carbocycles. The van der Waals surface area contributed by atoms with E-state index in [2.05, 4.69) is 33.8 Å². The van der Waals surface area contributed by atoms with Crippen molar-refractivity contribution in [1.82, 2.24) is 0 Å². The molecule has 2 aliphatic rings. The lowest BCUT2D eigenvalue weighted by atomic mass is 9.60. The minimum atomic E-state index is 0.562. The Kier molecular flexibility index (Phi) is 3.47. The highest BCUT2D eigenvalue weighted by atomic mass is 14.5. The second-order valence-electron chi connectivity index (χ2n) is 6.48. The van der Waals surface area contributed by atoms with Gasteiger partial charge < -0.3 is 0 Å². The number of rotatable bonds is 3. The molecule has 0 spiro atoms. The lowest BCUT2D eigenvalue weighted by Crippen LogP contribution is -2.35. The Morgan fingerprint density at radius 3 is 2.94 bits per heavy atom. The van der Waals surface area contributed by atoms with Crippen molar-refractivity contribution in [2.75, 3.05) is 0 Å². The van der Waals surface area contributed by atoms with Gasteiger partial charge in [0.25, 0.3) is 0 Å². The molecule has 92 valence electrons. The fourth-order valence-electron chi connectivity index (χ4n) is 4.50. The Bertz CT molecular complexity index is 276. The number of fused-ring (bicyclic) bond motifs is 1. The highest BCUT2D eigenvalue weighted by molar-refractivity contribution is 5.25. The first kappa shape index (κ1) is 12.2. The van der Waals surface area contributed by atoms with Gasteiger partial charge in [0.2, 0.25) is 0 Å². The normalized spacial score (nSPS) is 40.4. The Hall–Kier alpha value is -0.260. The van der Waals surface area contributed by atoms with Crippen LogP contribution in [-0.2, 0) is 0 Å². The first-order valence-electron chi connectivity index (χ1n) is 7.30. The molecular weight excluding hydrogens is 192 g/mol. The fourth-order valence-corrected chi connectivity index (χ4v) is 4.50. The fraction of sp³-hybridized carbons (Fsp3) is 0.875. The summed E-state index contributed by atoms with van der Waals surface area (Å²) in [6.07, 6.45) is 11.0. The van der Waals surface area contributed by atoms with Crippen LogP contribution in [0.1, 0.15) is 66.2 Å². The van der Waals surface area contributed by atoms with E-state index in [0.717, 1.165) is 17.8 Å². The molecule has 0 unspecified atom stereocenters. The third kappa shape index (κ3) is 1.85. The van der Waals surface area contributed by atoms with Crippen molar-refractivity contribution in [2.45, 2.75) is 66.2 Å². The van der Waals surface area contributed by atoms with Crippen molar-refractivity contribution in [1.29, 1.82) is 0 Å². The van der Waals surface area contributed by atoms with Crippen LogP contribution in [0.3, 0.4) is 0 Å². The van der Waals surface area contributed by atoms with Gasteiger partial charge in [0.1, 0.15) is 0 Å². The van der Waals surface area contributed by atoms with Crippen LogP contribution in [0.15, 0.2) is 11.6 Å². The molecule has 1 fully saturated rings. The molecule has 0 saturated heterocycles. The van der Waals surface area contributed by atoms with Crippen molar-refractivity contribution in [3.8, 4) is 0 Å². The topological polar surface area (TPSA) is 0 Å². The molecule has 0 aromatic rings. The van der Waals surface area contributed by atoms with Crippen LogP contribution in [0.4, 0.5) is 0 Å². The molecule has 0 heteroatoms. The van der Waals surface area contributed by atoms with Gasteiger partial charge in [0.05, 0.1) is 0 Å². The van der Waals surface area contributed by atoms with E-state index in [-0.39, 0.29) is 0 Å². The zero-order valence-electron chi connectivity index (χ0n) is 11.6. The van der Waals surface area contributed by atoms with Crippen LogP contribution in [0.2, 0.25) is 0 Å². The van der Waals surface area contributed by atoms with Gasteiger partial charge in [-0.15, -0.1) is 0 Å². The zero-order valence-corrected chi connectivity index (χ0v) is 11.6. The average molecular weight is 220 g/mol. The molecule has 2 rings (SSSR count). The zero-order chi connectivity index (χ0) is 11.8. The van der Waals surface area contributed by atoms with E-state index < -0.39 is 0 Å². The highest BCUT2D eigenvalue weighted by Gasteiger charge is 2.46. The lowest BCUT2D eigenvalue weighted by Gasteiger charge is -2.44. The van der Waals surface area contributed by atoms with E-state index in [0.29, 0.717) is 5.41 Å². The monoisotopic (exact) mass is 220 g/mol. The van der Waals surface area contributed by atoms with Gasteiger partial charge in [0, 0.05) is 0 Å². The smallest absolute Gasteiger partial charge is 0.00800 e. The minimum Gasteiger partial charge on any atom is -0.0842 e. The molecule has 0 aliphatic heterocycles. The number of allylic oxidation sites excluding steroid dienone is 2. The van der Waals surface area contributed by atoms with Gasteiger partial charge in [-0.1, -0.05) is 58.6 Å². The number of hydrogen-bond acceptors (Lipinski definition) is 0. The van der Waals surface area contributed by atoms with E-state index in [1.807, 2.05) is 5.57 Å². The Labute approximate surface area is 102 Å². The minimum absolute atomic E-state index is 0.562. The molecular formula is C16H28. The average Bonchev–Trinajstić information content (AvgIpc) is 2.57. The van der Waals surface area contributed by atoms with Crippen LogP contribution >= 0.6 is 0 Å². The van der Waals surface area contributed by atoms with Gasteiger partial charge in [-0.3, -0.25) is 0 Å². The molecule has 0 N–H and O–H groups in total. The lowest BCUT2D eigenvalue weighted by molar-refractivity contribution is 0.110. The van der Waals surface area contributed by atoms with Gasteiger partial charge in [-0.05, 0) is 42.4 Å². The summed E-state index contributed by atoms with van der Waals surface area (Å²) in [6, 6.07) is 0. The second-order valence-corrected chi connectivity index (χ2v) is 6.48. The Morgan fingerprint density at radius 1 is 1.50 bits per heavy atom. The summed E-state index contributed by atoms with van der Waals surface area (Å²) in [5, 5.41) is 0. The maximum Gasteiger partial charge on any atom is -0.00800 e. The van der Waals surface area contributed by atoms with Crippen LogP contribution in [0, 0.1) is 23.2 Å². The van der Waals surface area contributed by atoms with Gasteiger partial charge in [-0.25, -0.2) is 0 Å². The van der Waals surface area contributed by atoms with Gasteiger partial charge >= 0.3 is 0 Å². The van der Waals surface area contributed by atoms with E-state index in [1.54, 1.807) is 0 Å². The van der Waals surface area contributed by atoms with E-state index >= 15 is 0 Å². The van der Waals surface area contributed by atoms with E-state index in [9.17, 15) is 0 Å². The maximum atomic E-state index is 2.60. The molecule has 0 heterocycles. The highest BCUT2D eigenvalue weighted by Crippen LogP contribution is 2.56. The predicted octanol–water partition coefficient (Wildman–Crippen LogP) is 5.20. The Morgan fingerprint density at radius 2 is 2.25 bits per heavy atom. The third-order valence-electron chi connectivity index (χ3n) is 5.36. The SMILES string of the molecule is CCC[C@H](C)C1=CC[C@H]2[C@H](C)CCC[C@]12C. The molecule has 4 atom stereocenters. The van der Waals surface area contributed by atoms with Crippen LogP contribution < -0.4 is 0 Å². The first-order valence-corrected chi connectivity index (χ1v) is 7.30. The van der Waals surface area contributed by atoms with Gasteiger partial charge in [-0.2, -0.15) is 0 Å². The van der Waals surface area contributed by atoms with Crippen molar-refractivity contribution in [3.05, 3.63) is 11.6 Å². The second kappa shape index (κ2) is 4.55. The number of hydrogen-bond donors (Lipinski definition) is 0. The standard InChI is InChI=1S/C16H28/c1-5-7-12(2)14-9-10-15-13(3)8-6-11-16(14,15)4/h9,12-13,15H,5-8,10-11H2,1-4H3/t12-,13+,15-,16+/m0/s1. The van der Waals surface area contributed by atoms with Crippen molar-refractivity contribution < 1.29 is 0 Å². The molecule has 0 aromatic heterocycles. The first-order chi connectivity index (χ1) is 7.59.